The lowest BCUT2D eigenvalue weighted by atomic mass is 10.2. The minimum Gasteiger partial charge on any atom is -0.255 e. The Hall–Kier alpha value is -0.600. The summed E-state index contributed by atoms with van der Waals surface area (Å²) in [6.07, 6.45) is 1.65. The van der Waals surface area contributed by atoms with Gasteiger partial charge in [0.25, 0.3) is 0 Å². The predicted molar refractivity (Wildman–Crippen MR) is 54.5 cm³/mol. The van der Waals surface area contributed by atoms with Crippen molar-refractivity contribution in [1.29, 1.82) is 0 Å². The first kappa shape index (κ1) is 8.02. The van der Waals surface area contributed by atoms with E-state index in [1.54, 1.807) is 6.20 Å². The molecular weight excluding hydrogens is 237 g/mol. The monoisotopic (exact) mass is 241 g/mol. The fourth-order valence-corrected chi connectivity index (χ4v) is 1.62. The molecule has 0 aliphatic heterocycles. The van der Waals surface area contributed by atoms with Gasteiger partial charge in [-0.25, -0.2) is 0 Å². The largest absolute Gasteiger partial charge is 0.255 e. The molecule has 1 heterocycles. The molecule has 2 aromatic rings. The summed E-state index contributed by atoms with van der Waals surface area (Å²) in [7, 11) is 0. The molecule has 0 radical (unpaired) electrons. The normalized spacial score (nSPS) is 10.5. The summed E-state index contributed by atoms with van der Waals surface area (Å²) in [5.74, 6) is 0. The van der Waals surface area contributed by atoms with Crippen molar-refractivity contribution in [2.24, 2.45) is 0 Å². The number of benzene rings is 1. The van der Waals surface area contributed by atoms with Crippen molar-refractivity contribution < 1.29 is 0 Å². The number of fused-ring (bicyclic) bond motifs is 1. The molecule has 0 unspecified atom stereocenters. The summed E-state index contributed by atoms with van der Waals surface area (Å²) in [5.41, 5.74) is 0.961. The van der Waals surface area contributed by atoms with Crippen molar-refractivity contribution in [2.75, 3.05) is 0 Å². The van der Waals surface area contributed by atoms with Gasteiger partial charge < -0.3 is 0 Å². The van der Waals surface area contributed by atoms with E-state index in [9.17, 15) is 0 Å². The molecule has 3 heteroatoms. The number of aromatic nitrogens is 1. The van der Waals surface area contributed by atoms with Crippen molar-refractivity contribution in [3.8, 4) is 0 Å². The Balaban J connectivity index is 2.80. The Morgan fingerprint density at radius 1 is 1.25 bits per heavy atom. The third-order valence-corrected chi connectivity index (χ3v) is 2.31. The molecule has 0 bridgehead atoms. The summed E-state index contributed by atoms with van der Waals surface area (Å²) in [6.45, 7) is 0. The lowest BCUT2D eigenvalue weighted by molar-refractivity contribution is 1.41. The van der Waals surface area contributed by atoms with E-state index in [-0.39, 0.29) is 0 Å². The van der Waals surface area contributed by atoms with Crippen molar-refractivity contribution in [1.82, 2.24) is 4.98 Å². The van der Waals surface area contributed by atoms with Gasteiger partial charge in [-0.3, -0.25) is 4.98 Å². The van der Waals surface area contributed by atoms with Crippen LogP contribution in [0, 0.1) is 0 Å². The average molecular weight is 243 g/mol. The zero-order valence-corrected chi connectivity index (χ0v) is 8.43. The van der Waals surface area contributed by atoms with Gasteiger partial charge in [0.15, 0.2) is 0 Å². The van der Waals surface area contributed by atoms with Crippen LogP contribution in [0.2, 0.25) is 5.02 Å². The zero-order valence-electron chi connectivity index (χ0n) is 6.09. The molecular formula is C9H5BrClN. The van der Waals surface area contributed by atoms with Crippen molar-refractivity contribution in [3.63, 3.8) is 0 Å². The third kappa shape index (κ3) is 1.45. The Morgan fingerprint density at radius 3 is 2.92 bits per heavy atom. The van der Waals surface area contributed by atoms with Gasteiger partial charge in [0, 0.05) is 16.1 Å². The first-order chi connectivity index (χ1) is 5.75. The molecule has 1 aromatic heterocycles. The molecule has 0 saturated heterocycles. The maximum Gasteiger partial charge on any atom is 0.0703 e. The van der Waals surface area contributed by atoms with E-state index in [0.717, 1.165) is 15.4 Å². The minimum absolute atomic E-state index is 0.667. The summed E-state index contributed by atoms with van der Waals surface area (Å²) in [6, 6.07) is 7.81. The number of halogens is 2. The molecule has 0 N–H and O–H groups in total. The average Bonchev–Trinajstić information content (AvgIpc) is 2.03. The number of nitrogens with zero attached hydrogens (tertiary/aromatic N) is 1. The molecule has 0 atom stereocenters. The van der Waals surface area contributed by atoms with Crippen molar-refractivity contribution in [2.45, 2.75) is 0 Å². The molecule has 0 saturated carbocycles. The van der Waals surface area contributed by atoms with Gasteiger partial charge in [-0.05, 0) is 24.3 Å². The fourth-order valence-electron chi connectivity index (χ4n) is 1.08. The van der Waals surface area contributed by atoms with Crippen molar-refractivity contribution in [3.05, 3.63) is 40.0 Å². The van der Waals surface area contributed by atoms with Gasteiger partial charge in [-0.1, -0.05) is 27.5 Å². The number of hydrogen-bond donors (Lipinski definition) is 0. The summed E-state index contributed by atoms with van der Waals surface area (Å²) >= 11 is 9.18. The summed E-state index contributed by atoms with van der Waals surface area (Å²) in [4.78, 5) is 4.17. The number of hydrogen-bond acceptors (Lipinski definition) is 1. The van der Waals surface area contributed by atoms with E-state index in [1.165, 1.54) is 0 Å². The lowest BCUT2D eigenvalue weighted by Crippen LogP contribution is -1.77. The second-order valence-corrected chi connectivity index (χ2v) is 3.84. The molecule has 1 nitrogen and oxygen atoms in total. The molecule has 12 heavy (non-hydrogen) atoms. The highest BCUT2D eigenvalue weighted by Crippen LogP contribution is 2.20. The van der Waals surface area contributed by atoms with Gasteiger partial charge in [0.2, 0.25) is 0 Å². The van der Waals surface area contributed by atoms with Crippen LogP contribution in [0.4, 0.5) is 0 Å². The first-order valence-corrected chi connectivity index (χ1v) is 4.63. The van der Waals surface area contributed by atoms with Crippen LogP contribution in [0.1, 0.15) is 0 Å². The standard InChI is InChI=1S/C9H5BrClN/c10-7-1-2-9-6(3-7)4-8(11)5-12-9/h1-5H. The second-order valence-electron chi connectivity index (χ2n) is 2.49. The maximum atomic E-state index is 5.79. The van der Waals surface area contributed by atoms with Crippen LogP contribution in [0.3, 0.4) is 0 Å². The maximum absolute atomic E-state index is 5.79. The number of pyridine rings is 1. The molecule has 2 rings (SSSR count). The van der Waals surface area contributed by atoms with Gasteiger partial charge in [0.1, 0.15) is 0 Å². The first-order valence-electron chi connectivity index (χ1n) is 3.46. The minimum atomic E-state index is 0.667. The van der Waals surface area contributed by atoms with Crippen LogP contribution in [0.25, 0.3) is 10.9 Å². The van der Waals surface area contributed by atoms with Crippen LogP contribution in [-0.2, 0) is 0 Å². The highest BCUT2D eigenvalue weighted by Gasteiger charge is 1.95. The van der Waals surface area contributed by atoms with E-state index in [0.29, 0.717) is 5.02 Å². The van der Waals surface area contributed by atoms with E-state index in [1.807, 2.05) is 24.3 Å². The Bertz CT molecular complexity index is 391. The highest BCUT2D eigenvalue weighted by atomic mass is 79.9. The number of rotatable bonds is 0. The smallest absolute Gasteiger partial charge is 0.0703 e. The predicted octanol–water partition coefficient (Wildman–Crippen LogP) is 3.65. The second kappa shape index (κ2) is 3.04. The van der Waals surface area contributed by atoms with Crippen LogP contribution < -0.4 is 0 Å². The quantitative estimate of drug-likeness (QED) is 0.687. The van der Waals surface area contributed by atoms with Gasteiger partial charge in [-0.15, -0.1) is 0 Å². The van der Waals surface area contributed by atoms with E-state index < -0.39 is 0 Å². The zero-order chi connectivity index (χ0) is 8.55. The molecule has 0 fully saturated rings. The third-order valence-electron chi connectivity index (χ3n) is 1.61. The van der Waals surface area contributed by atoms with Crippen molar-refractivity contribution >= 4 is 38.4 Å². The Labute approximate surface area is 83.5 Å². The summed E-state index contributed by atoms with van der Waals surface area (Å²) in [5, 5.41) is 1.72. The van der Waals surface area contributed by atoms with E-state index in [2.05, 4.69) is 20.9 Å². The van der Waals surface area contributed by atoms with E-state index >= 15 is 0 Å². The fraction of sp³-hybridized carbons (Fsp3) is 0. The van der Waals surface area contributed by atoms with Gasteiger partial charge >= 0.3 is 0 Å². The van der Waals surface area contributed by atoms with Crippen LogP contribution in [0.5, 0.6) is 0 Å². The SMILES string of the molecule is Clc1cnc2ccc(Br)cc2c1. The molecule has 0 spiro atoms. The van der Waals surface area contributed by atoms with Gasteiger partial charge in [-0.2, -0.15) is 0 Å². The topological polar surface area (TPSA) is 12.9 Å². The molecule has 0 aliphatic rings. The van der Waals surface area contributed by atoms with Crippen LogP contribution in [0.15, 0.2) is 34.9 Å². The highest BCUT2D eigenvalue weighted by molar-refractivity contribution is 9.10. The van der Waals surface area contributed by atoms with Gasteiger partial charge in [0.05, 0.1) is 10.5 Å². The molecule has 1 aromatic carbocycles. The Kier molecular flexibility index (Phi) is 2.03. The lowest BCUT2D eigenvalue weighted by Gasteiger charge is -1.97. The van der Waals surface area contributed by atoms with Crippen LogP contribution in [-0.4, -0.2) is 4.98 Å². The van der Waals surface area contributed by atoms with E-state index in [4.69, 9.17) is 11.6 Å². The molecule has 0 aliphatic carbocycles. The van der Waals surface area contributed by atoms with Crippen LogP contribution >= 0.6 is 27.5 Å². The molecule has 0 amide bonds. The summed E-state index contributed by atoms with van der Waals surface area (Å²) < 4.78 is 1.04. The molecule has 60 valence electrons. The Morgan fingerprint density at radius 2 is 2.08 bits per heavy atom.